The fraction of sp³-hybridized carbons (Fsp3) is 0.667. The number of nitrogens with one attached hydrogen (secondary N) is 1. The standard InChI is InChI=1S/C21H33NO/c1-2-3-4-5-6-7-8-11-17-22-21(23)20-16-12-14-18-13-9-10-15-19(18)20/h12,14,16H,2-11,13,15,17H2,1H3,(H,22,23). The van der Waals surface area contributed by atoms with Crippen molar-refractivity contribution < 1.29 is 4.79 Å². The van der Waals surface area contributed by atoms with Gasteiger partial charge in [0, 0.05) is 12.1 Å². The molecule has 0 saturated carbocycles. The van der Waals surface area contributed by atoms with Gasteiger partial charge in [0.1, 0.15) is 0 Å². The summed E-state index contributed by atoms with van der Waals surface area (Å²) in [5.41, 5.74) is 3.60. The number of aryl methyl sites for hydroxylation is 1. The summed E-state index contributed by atoms with van der Waals surface area (Å²) in [7, 11) is 0. The van der Waals surface area contributed by atoms with Gasteiger partial charge in [0.25, 0.3) is 5.91 Å². The summed E-state index contributed by atoms with van der Waals surface area (Å²) >= 11 is 0. The topological polar surface area (TPSA) is 29.1 Å². The van der Waals surface area contributed by atoms with Crippen molar-refractivity contribution >= 4 is 5.91 Å². The average Bonchev–Trinajstić information content (AvgIpc) is 2.59. The third kappa shape index (κ3) is 6.01. The maximum atomic E-state index is 12.4. The van der Waals surface area contributed by atoms with Gasteiger partial charge in [-0.25, -0.2) is 0 Å². The van der Waals surface area contributed by atoms with Crippen molar-refractivity contribution in [3.05, 3.63) is 34.9 Å². The molecule has 0 bridgehead atoms. The minimum Gasteiger partial charge on any atom is -0.352 e. The summed E-state index contributed by atoms with van der Waals surface area (Å²) < 4.78 is 0. The van der Waals surface area contributed by atoms with Crippen molar-refractivity contribution in [1.29, 1.82) is 0 Å². The van der Waals surface area contributed by atoms with Gasteiger partial charge in [0.2, 0.25) is 0 Å². The normalized spacial score (nSPS) is 13.6. The lowest BCUT2D eigenvalue weighted by Crippen LogP contribution is -2.26. The highest BCUT2D eigenvalue weighted by Crippen LogP contribution is 2.24. The smallest absolute Gasteiger partial charge is 0.251 e. The molecule has 1 N–H and O–H groups in total. The molecule has 1 aromatic rings. The summed E-state index contributed by atoms with van der Waals surface area (Å²) in [6, 6.07) is 6.21. The zero-order valence-electron chi connectivity index (χ0n) is 14.8. The molecular formula is C21H33NO. The van der Waals surface area contributed by atoms with Crippen LogP contribution in [0, 0.1) is 0 Å². The van der Waals surface area contributed by atoms with Gasteiger partial charge in [0.05, 0.1) is 0 Å². The van der Waals surface area contributed by atoms with E-state index in [-0.39, 0.29) is 5.91 Å². The minimum atomic E-state index is 0.131. The van der Waals surface area contributed by atoms with E-state index in [0.29, 0.717) is 0 Å². The Morgan fingerprint density at radius 3 is 2.43 bits per heavy atom. The molecule has 1 aliphatic rings. The number of hydrogen-bond donors (Lipinski definition) is 1. The Hall–Kier alpha value is -1.31. The van der Waals surface area contributed by atoms with E-state index in [1.807, 2.05) is 12.1 Å². The Morgan fingerprint density at radius 2 is 1.65 bits per heavy atom. The first-order valence-corrected chi connectivity index (χ1v) is 9.72. The Bertz CT molecular complexity index is 481. The van der Waals surface area contributed by atoms with Gasteiger partial charge < -0.3 is 5.32 Å². The summed E-state index contributed by atoms with van der Waals surface area (Å²) in [6.45, 7) is 3.07. The summed E-state index contributed by atoms with van der Waals surface area (Å²) in [4.78, 5) is 12.4. The summed E-state index contributed by atoms with van der Waals surface area (Å²) in [5, 5.41) is 3.12. The zero-order chi connectivity index (χ0) is 16.3. The molecule has 0 atom stereocenters. The summed E-state index contributed by atoms with van der Waals surface area (Å²) in [6.07, 6.45) is 15.1. The monoisotopic (exact) mass is 315 g/mol. The Labute approximate surface area is 142 Å². The lowest BCUT2D eigenvalue weighted by Gasteiger charge is -2.18. The first-order valence-electron chi connectivity index (χ1n) is 9.72. The van der Waals surface area contributed by atoms with Crippen LogP contribution < -0.4 is 5.32 Å². The van der Waals surface area contributed by atoms with E-state index in [4.69, 9.17) is 0 Å². The van der Waals surface area contributed by atoms with Crippen LogP contribution in [0.15, 0.2) is 18.2 Å². The number of rotatable bonds is 10. The molecule has 23 heavy (non-hydrogen) atoms. The molecule has 2 nitrogen and oxygen atoms in total. The maximum absolute atomic E-state index is 12.4. The van der Waals surface area contributed by atoms with Gasteiger partial charge >= 0.3 is 0 Å². The van der Waals surface area contributed by atoms with Crippen molar-refractivity contribution in [1.82, 2.24) is 5.32 Å². The highest BCUT2D eigenvalue weighted by molar-refractivity contribution is 5.96. The zero-order valence-corrected chi connectivity index (χ0v) is 14.8. The van der Waals surface area contributed by atoms with Gasteiger partial charge in [-0.2, -0.15) is 0 Å². The fourth-order valence-electron chi connectivity index (χ4n) is 3.55. The lowest BCUT2D eigenvalue weighted by atomic mass is 9.88. The third-order valence-electron chi connectivity index (χ3n) is 4.96. The van der Waals surface area contributed by atoms with Crippen LogP contribution in [0.5, 0.6) is 0 Å². The quantitative estimate of drug-likeness (QED) is 0.573. The lowest BCUT2D eigenvalue weighted by molar-refractivity contribution is 0.0951. The molecule has 2 heteroatoms. The molecule has 0 heterocycles. The molecule has 1 aliphatic carbocycles. The van der Waals surface area contributed by atoms with Crippen LogP contribution in [0.25, 0.3) is 0 Å². The molecule has 0 radical (unpaired) electrons. The van der Waals surface area contributed by atoms with Crippen molar-refractivity contribution in [3.63, 3.8) is 0 Å². The van der Waals surface area contributed by atoms with Gasteiger partial charge in [-0.05, 0) is 49.3 Å². The summed E-state index contributed by atoms with van der Waals surface area (Å²) in [5.74, 6) is 0.131. The number of carbonyl (C=O) groups is 1. The SMILES string of the molecule is CCCCCCCCCCNC(=O)c1cccc2c1CCCC2. The Kier molecular flexibility index (Phi) is 8.20. The first-order chi connectivity index (χ1) is 11.3. The average molecular weight is 316 g/mol. The van der Waals surface area contributed by atoms with E-state index < -0.39 is 0 Å². The molecule has 1 amide bonds. The number of hydrogen-bond acceptors (Lipinski definition) is 1. The highest BCUT2D eigenvalue weighted by Gasteiger charge is 2.16. The van der Waals surface area contributed by atoms with Crippen molar-refractivity contribution in [2.45, 2.75) is 84.0 Å². The second kappa shape index (κ2) is 10.5. The molecule has 0 unspecified atom stereocenters. The molecule has 0 aliphatic heterocycles. The number of amides is 1. The molecule has 0 spiro atoms. The van der Waals surface area contributed by atoms with E-state index in [2.05, 4.69) is 18.3 Å². The number of benzene rings is 1. The van der Waals surface area contributed by atoms with Crippen LogP contribution >= 0.6 is 0 Å². The Morgan fingerprint density at radius 1 is 0.957 bits per heavy atom. The molecular weight excluding hydrogens is 282 g/mol. The predicted molar refractivity (Wildman–Crippen MR) is 98.0 cm³/mol. The van der Waals surface area contributed by atoms with Crippen LogP contribution in [-0.4, -0.2) is 12.5 Å². The van der Waals surface area contributed by atoms with Gasteiger partial charge in [-0.15, -0.1) is 0 Å². The molecule has 128 valence electrons. The van der Waals surface area contributed by atoms with Gasteiger partial charge in [0.15, 0.2) is 0 Å². The molecule has 2 rings (SSSR count). The van der Waals surface area contributed by atoms with E-state index >= 15 is 0 Å². The number of unbranched alkanes of at least 4 members (excludes halogenated alkanes) is 7. The minimum absolute atomic E-state index is 0.131. The number of carbonyl (C=O) groups excluding carboxylic acids is 1. The van der Waals surface area contributed by atoms with E-state index in [9.17, 15) is 4.79 Å². The van der Waals surface area contributed by atoms with Crippen molar-refractivity contribution in [2.24, 2.45) is 0 Å². The van der Waals surface area contributed by atoms with E-state index in [1.165, 1.54) is 68.9 Å². The predicted octanol–water partition coefficient (Wildman–Crippen LogP) is 5.44. The van der Waals surface area contributed by atoms with E-state index in [1.54, 1.807) is 0 Å². The molecule has 0 fully saturated rings. The first kappa shape index (κ1) is 18.0. The molecule has 1 aromatic carbocycles. The van der Waals surface area contributed by atoms with Crippen LogP contribution in [0.2, 0.25) is 0 Å². The largest absolute Gasteiger partial charge is 0.352 e. The second-order valence-corrected chi connectivity index (χ2v) is 6.88. The van der Waals surface area contributed by atoms with Crippen molar-refractivity contribution in [3.8, 4) is 0 Å². The van der Waals surface area contributed by atoms with Crippen LogP contribution in [0.4, 0.5) is 0 Å². The fourth-order valence-corrected chi connectivity index (χ4v) is 3.55. The molecule has 0 aromatic heterocycles. The van der Waals surface area contributed by atoms with Crippen LogP contribution in [-0.2, 0) is 12.8 Å². The Balaban J connectivity index is 1.64. The van der Waals surface area contributed by atoms with E-state index in [0.717, 1.165) is 31.4 Å². The maximum Gasteiger partial charge on any atom is 0.251 e. The van der Waals surface area contributed by atoms with Crippen LogP contribution in [0.3, 0.4) is 0 Å². The third-order valence-corrected chi connectivity index (χ3v) is 4.96. The second-order valence-electron chi connectivity index (χ2n) is 6.88. The molecule has 0 saturated heterocycles. The van der Waals surface area contributed by atoms with Crippen LogP contribution in [0.1, 0.15) is 92.6 Å². The number of fused-ring (bicyclic) bond motifs is 1. The van der Waals surface area contributed by atoms with Gasteiger partial charge in [-0.3, -0.25) is 4.79 Å². The van der Waals surface area contributed by atoms with Gasteiger partial charge in [-0.1, -0.05) is 64.0 Å². The van der Waals surface area contributed by atoms with Crippen molar-refractivity contribution in [2.75, 3.05) is 6.54 Å². The highest BCUT2D eigenvalue weighted by atomic mass is 16.1.